The second-order valence-electron chi connectivity index (χ2n) is 7.11. The van der Waals surface area contributed by atoms with Crippen molar-refractivity contribution in [2.75, 3.05) is 25.6 Å². The van der Waals surface area contributed by atoms with Crippen LogP contribution in [0.5, 0.6) is 5.75 Å². The van der Waals surface area contributed by atoms with E-state index >= 15 is 0 Å². The number of hydrogen-bond donors (Lipinski definition) is 1. The minimum atomic E-state index is -4.21. The SMILES string of the molecule is COCCN(Cc1cccc(OS(=O)(=O)c2ccc(F)cc2)c1)C(=O)Nc1ccc(F)cc1F. The maximum Gasteiger partial charge on any atom is 0.339 e. The monoisotopic (exact) mass is 494 g/mol. The number of hydrogen-bond acceptors (Lipinski definition) is 5. The van der Waals surface area contributed by atoms with Crippen molar-refractivity contribution >= 4 is 21.8 Å². The molecule has 0 aliphatic heterocycles. The zero-order valence-electron chi connectivity index (χ0n) is 18.0. The summed E-state index contributed by atoms with van der Waals surface area (Å²) in [6.07, 6.45) is 0. The summed E-state index contributed by atoms with van der Waals surface area (Å²) in [6.45, 7) is 0.310. The Kier molecular flexibility index (Phi) is 8.13. The molecule has 0 aliphatic carbocycles. The largest absolute Gasteiger partial charge is 0.383 e. The third-order valence-corrected chi connectivity index (χ3v) is 5.87. The van der Waals surface area contributed by atoms with Crippen LogP contribution < -0.4 is 9.50 Å². The minimum Gasteiger partial charge on any atom is -0.383 e. The number of ether oxygens (including phenoxy) is 1. The fourth-order valence-corrected chi connectivity index (χ4v) is 3.85. The molecule has 0 radical (unpaired) electrons. The summed E-state index contributed by atoms with van der Waals surface area (Å²) in [7, 11) is -2.76. The van der Waals surface area contributed by atoms with E-state index in [1.54, 1.807) is 6.07 Å². The molecule has 0 bridgehead atoms. The molecule has 0 heterocycles. The smallest absolute Gasteiger partial charge is 0.339 e. The minimum absolute atomic E-state index is 0.00576. The van der Waals surface area contributed by atoms with E-state index in [0.717, 1.165) is 36.4 Å². The van der Waals surface area contributed by atoms with Crippen molar-refractivity contribution in [2.45, 2.75) is 11.4 Å². The molecule has 2 amide bonds. The van der Waals surface area contributed by atoms with Gasteiger partial charge in [0, 0.05) is 26.3 Å². The zero-order chi connectivity index (χ0) is 24.7. The van der Waals surface area contributed by atoms with Crippen LogP contribution in [-0.2, 0) is 21.4 Å². The Morgan fingerprint density at radius 3 is 2.35 bits per heavy atom. The molecular weight excluding hydrogens is 473 g/mol. The standard InChI is InChI=1S/C23H21F3N2O5S/c1-32-12-11-28(23(29)27-22-10-7-18(25)14-21(22)26)15-16-3-2-4-19(13-16)33-34(30,31)20-8-5-17(24)6-9-20/h2-10,13-14H,11-12,15H2,1H3,(H,27,29). The summed E-state index contributed by atoms with van der Waals surface area (Å²) in [4.78, 5) is 13.8. The molecule has 180 valence electrons. The van der Waals surface area contributed by atoms with Crippen LogP contribution >= 0.6 is 0 Å². The van der Waals surface area contributed by atoms with Gasteiger partial charge in [0.1, 0.15) is 28.1 Å². The van der Waals surface area contributed by atoms with Crippen molar-refractivity contribution in [3.05, 3.63) is 89.7 Å². The van der Waals surface area contributed by atoms with E-state index < -0.39 is 33.6 Å². The topological polar surface area (TPSA) is 84.9 Å². The van der Waals surface area contributed by atoms with E-state index in [4.69, 9.17) is 8.92 Å². The first kappa shape index (κ1) is 25.1. The van der Waals surface area contributed by atoms with Gasteiger partial charge in [0.05, 0.1) is 12.3 Å². The number of nitrogens with zero attached hydrogens (tertiary/aromatic N) is 1. The van der Waals surface area contributed by atoms with Crippen LogP contribution in [-0.4, -0.2) is 39.6 Å². The van der Waals surface area contributed by atoms with E-state index in [9.17, 15) is 26.4 Å². The number of carbonyl (C=O) groups excluding carboxylic acids is 1. The average Bonchev–Trinajstić information content (AvgIpc) is 2.78. The van der Waals surface area contributed by atoms with Crippen molar-refractivity contribution in [3.8, 4) is 5.75 Å². The van der Waals surface area contributed by atoms with Gasteiger partial charge < -0.3 is 19.1 Å². The van der Waals surface area contributed by atoms with Crippen LogP contribution in [0, 0.1) is 17.5 Å². The molecule has 0 fully saturated rings. The van der Waals surface area contributed by atoms with E-state index in [-0.39, 0.29) is 36.0 Å². The van der Waals surface area contributed by atoms with E-state index in [2.05, 4.69) is 5.32 Å². The third-order valence-electron chi connectivity index (χ3n) is 4.61. The summed E-state index contributed by atoms with van der Waals surface area (Å²) < 4.78 is 75.2. The first-order chi connectivity index (χ1) is 16.2. The molecule has 3 aromatic rings. The number of carbonyl (C=O) groups is 1. The number of urea groups is 1. The van der Waals surface area contributed by atoms with Crippen molar-refractivity contribution in [3.63, 3.8) is 0 Å². The lowest BCUT2D eigenvalue weighted by Crippen LogP contribution is -2.37. The Morgan fingerprint density at radius 2 is 1.68 bits per heavy atom. The van der Waals surface area contributed by atoms with Gasteiger partial charge in [-0.1, -0.05) is 12.1 Å². The van der Waals surface area contributed by atoms with Crippen molar-refractivity contribution in [1.29, 1.82) is 0 Å². The Bertz CT molecular complexity index is 1250. The van der Waals surface area contributed by atoms with Crippen LogP contribution in [0.2, 0.25) is 0 Å². The molecule has 0 atom stereocenters. The second-order valence-corrected chi connectivity index (χ2v) is 8.65. The highest BCUT2D eigenvalue weighted by Crippen LogP contribution is 2.22. The van der Waals surface area contributed by atoms with Crippen LogP contribution in [0.25, 0.3) is 0 Å². The van der Waals surface area contributed by atoms with Crippen LogP contribution in [0.15, 0.2) is 71.6 Å². The second kappa shape index (κ2) is 11.0. The number of benzene rings is 3. The molecule has 3 rings (SSSR count). The van der Waals surface area contributed by atoms with Crippen LogP contribution in [0.3, 0.4) is 0 Å². The summed E-state index contributed by atoms with van der Waals surface area (Å²) in [6, 6.07) is 12.3. The van der Waals surface area contributed by atoms with Gasteiger partial charge in [0.25, 0.3) is 0 Å². The number of anilines is 1. The lowest BCUT2D eigenvalue weighted by atomic mass is 10.2. The highest BCUT2D eigenvalue weighted by atomic mass is 32.2. The Hall–Kier alpha value is -3.57. The van der Waals surface area contributed by atoms with Gasteiger partial charge in [-0.3, -0.25) is 0 Å². The molecule has 3 aromatic carbocycles. The normalized spacial score (nSPS) is 11.2. The van der Waals surface area contributed by atoms with E-state index in [1.165, 1.54) is 30.2 Å². The van der Waals surface area contributed by atoms with Gasteiger partial charge in [-0.2, -0.15) is 8.42 Å². The molecular formula is C23H21F3N2O5S. The Balaban J connectivity index is 1.76. The first-order valence-corrected chi connectivity index (χ1v) is 11.4. The first-order valence-electron chi connectivity index (χ1n) is 9.97. The highest BCUT2D eigenvalue weighted by Gasteiger charge is 2.19. The number of methoxy groups -OCH3 is 1. The van der Waals surface area contributed by atoms with E-state index in [0.29, 0.717) is 11.6 Å². The number of amides is 2. The molecule has 7 nitrogen and oxygen atoms in total. The Labute approximate surface area is 194 Å². The van der Waals surface area contributed by atoms with Gasteiger partial charge in [0.15, 0.2) is 0 Å². The predicted octanol–water partition coefficient (Wildman–Crippen LogP) is 4.55. The van der Waals surface area contributed by atoms with Crippen LogP contribution in [0.1, 0.15) is 5.56 Å². The van der Waals surface area contributed by atoms with Crippen LogP contribution in [0.4, 0.5) is 23.7 Å². The summed E-state index contributed by atoms with van der Waals surface area (Å²) >= 11 is 0. The average molecular weight is 494 g/mol. The fourth-order valence-electron chi connectivity index (χ4n) is 2.93. The fraction of sp³-hybridized carbons (Fsp3) is 0.174. The van der Waals surface area contributed by atoms with Gasteiger partial charge in [-0.25, -0.2) is 18.0 Å². The van der Waals surface area contributed by atoms with Crippen molar-refractivity contribution < 1.29 is 35.3 Å². The summed E-state index contributed by atoms with van der Waals surface area (Å²) in [5.74, 6) is -2.31. The molecule has 0 unspecified atom stereocenters. The molecule has 34 heavy (non-hydrogen) atoms. The van der Waals surface area contributed by atoms with Gasteiger partial charge in [0.2, 0.25) is 0 Å². The van der Waals surface area contributed by atoms with E-state index in [1.807, 2.05) is 0 Å². The molecule has 1 N–H and O–H groups in total. The van der Waals surface area contributed by atoms with Gasteiger partial charge in [-0.05, 0) is 54.1 Å². The molecule has 0 saturated heterocycles. The molecule has 0 aromatic heterocycles. The molecule has 0 spiro atoms. The quantitative estimate of drug-likeness (QED) is 0.441. The lowest BCUT2D eigenvalue weighted by molar-refractivity contribution is 0.152. The molecule has 11 heteroatoms. The summed E-state index contributed by atoms with van der Waals surface area (Å²) in [5.41, 5.74) is 0.314. The Morgan fingerprint density at radius 1 is 0.971 bits per heavy atom. The van der Waals surface area contributed by atoms with Crippen molar-refractivity contribution in [1.82, 2.24) is 4.90 Å². The van der Waals surface area contributed by atoms with Gasteiger partial charge >= 0.3 is 16.1 Å². The lowest BCUT2D eigenvalue weighted by Gasteiger charge is -2.23. The maximum atomic E-state index is 13.9. The molecule has 0 aliphatic rings. The number of nitrogens with one attached hydrogen (secondary N) is 1. The number of halogens is 3. The third kappa shape index (κ3) is 6.72. The highest BCUT2D eigenvalue weighted by molar-refractivity contribution is 7.87. The van der Waals surface area contributed by atoms with Crippen molar-refractivity contribution in [2.24, 2.45) is 0 Å². The summed E-state index contributed by atoms with van der Waals surface area (Å²) in [5, 5.41) is 2.38. The predicted molar refractivity (Wildman–Crippen MR) is 118 cm³/mol. The molecule has 0 saturated carbocycles. The zero-order valence-corrected chi connectivity index (χ0v) is 18.8. The maximum absolute atomic E-state index is 13.9. The number of rotatable bonds is 9. The van der Waals surface area contributed by atoms with Gasteiger partial charge in [-0.15, -0.1) is 0 Å².